The van der Waals surface area contributed by atoms with Crippen molar-refractivity contribution < 1.29 is 9.90 Å². The summed E-state index contributed by atoms with van der Waals surface area (Å²) in [6.45, 7) is 5.91. The van der Waals surface area contributed by atoms with Crippen LogP contribution in [-0.4, -0.2) is 34.6 Å². The molecule has 1 aliphatic heterocycles. The maximum absolute atomic E-state index is 12.5. The highest BCUT2D eigenvalue weighted by Crippen LogP contribution is 2.52. The molecule has 0 bridgehead atoms. The maximum atomic E-state index is 12.5. The molecule has 130 valence electrons. The number of amides is 1. The van der Waals surface area contributed by atoms with E-state index in [0.717, 1.165) is 19.5 Å². The van der Waals surface area contributed by atoms with Crippen LogP contribution in [-0.2, 0) is 11.2 Å². The molecular weight excluding hydrogens is 298 g/mol. The van der Waals surface area contributed by atoms with Gasteiger partial charge < -0.3 is 10.0 Å². The highest BCUT2D eigenvalue weighted by Gasteiger charge is 2.52. The molecule has 24 heavy (non-hydrogen) atoms. The minimum Gasteiger partial charge on any atom is -0.390 e. The molecule has 3 heteroatoms. The number of rotatable bonds is 3. The van der Waals surface area contributed by atoms with Gasteiger partial charge in [-0.15, -0.1) is 0 Å². The monoisotopic (exact) mass is 327 g/mol. The van der Waals surface area contributed by atoms with E-state index in [0.29, 0.717) is 24.2 Å². The van der Waals surface area contributed by atoms with Crippen molar-refractivity contribution in [1.29, 1.82) is 0 Å². The van der Waals surface area contributed by atoms with Crippen molar-refractivity contribution >= 4 is 5.91 Å². The number of aryl methyl sites for hydroxylation is 1. The molecule has 0 radical (unpaired) electrons. The van der Waals surface area contributed by atoms with E-state index in [1.54, 1.807) is 0 Å². The zero-order chi connectivity index (χ0) is 16.9. The fourth-order valence-corrected chi connectivity index (χ4v) is 5.16. The van der Waals surface area contributed by atoms with Gasteiger partial charge in [-0.25, -0.2) is 0 Å². The summed E-state index contributed by atoms with van der Waals surface area (Å²) in [5.41, 5.74) is 2.65. The van der Waals surface area contributed by atoms with Crippen LogP contribution < -0.4 is 0 Å². The molecule has 3 nitrogen and oxygen atoms in total. The first-order valence-electron chi connectivity index (χ1n) is 9.50. The van der Waals surface area contributed by atoms with Gasteiger partial charge in [0.2, 0.25) is 5.91 Å². The van der Waals surface area contributed by atoms with Crippen LogP contribution >= 0.6 is 0 Å². The van der Waals surface area contributed by atoms with E-state index in [1.807, 2.05) is 11.8 Å². The summed E-state index contributed by atoms with van der Waals surface area (Å²) in [6.07, 6.45) is 6.11. The molecule has 1 heterocycles. The SMILES string of the molecule is CCc1ccc(C2CCC3(C2)CN(C(=O)[C@H]2C[C@@](C)(O)C2)C3)cc1. The fourth-order valence-electron chi connectivity index (χ4n) is 5.16. The van der Waals surface area contributed by atoms with Crippen molar-refractivity contribution in [1.82, 2.24) is 4.90 Å². The van der Waals surface area contributed by atoms with Gasteiger partial charge in [-0.05, 0) is 62.5 Å². The minimum absolute atomic E-state index is 0.0659. The second-order valence-corrected chi connectivity index (χ2v) is 8.83. The van der Waals surface area contributed by atoms with E-state index < -0.39 is 5.60 Å². The molecular formula is C21H29NO2. The predicted molar refractivity (Wildman–Crippen MR) is 94.8 cm³/mol. The molecule has 1 N–H and O–H groups in total. The quantitative estimate of drug-likeness (QED) is 0.923. The molecule has 1 spiro atoms. The third-order valence-electron chi connectivity index (χ3n) is 6.65. The fraction of sp³-hybridized carbons (Fsp3) is 0.667. The highest BCUT2D eigenvalue weighted by atomic mass is 16.3. The average molecular weight is 327 g/mol. The van der Waals surface area contributed by atoms with Crippen LogP contribution in [0.1, 0.15) is 63.0 Å². The Balaban J connectivity index is 1.32. The van der Waals surface area contributed by atoms with Crippen molar-refractivity contribution in [2.24, 2.45) is 11.3 Å². The first-order valence-corrected chi connectivity index (χ1v) is 9.50. The second kappa shape index (κ2) is 5.59. The minimum atomic E-state index is -0.605. The van der Waals surface area contributed by atoms with Crippen molar-refractivity contribution in [2.75, 3.05) is 13.1 Å². The molecule has 0 aromatic heterocycles. The zero-order valence-electron chi connectivity index (χ0n) is 14.9. The topological polar surface area (TPSA) is 40.5 Å². The Labute approximate surface area is 145 Å². The van der Waals surface area contributed by atoms with Crippen LogP contribution in [0.3, 0.4) is 0 Å². The molecule has 4 rings (SSSR count). The Hall–Kier alpha value is -1.35. The van der Waals surface area contributed by atoms with Crippen LogP contribution in [0.4, 0.5) is 0 Å². The third-order valence-corrected chi connectivity index (χ3v) is 6.65. The van der Waals surface area contributed by atoms with Crippen LogP contribution in [0, 0.1) is 11.3 Å². The molecule has 1 amide bonds. The van der Waals surface area contributed by atoms with Crippen LogP contribution in [0.2, 0.25) is 0 Å². The summed E-state index contributed by atoms with van der Waals surface area (Å²) in [5.74, 6) is 1.01. The van der Waals surface area contributed by atoms with E-state index in [-0.39, 0.29) is 11.8 Å². The lowest BCUT2D eigenvalue weighted by Crippen LogP contribution is -2.61. The van der Waals surface area contributed by atoms with Gasteiger partial charge in [0.1, 0.15) is 0 Å². The predicted octanol–water partition coefficient (Wildman–Crippen LogP) is 3.51. The molecule has 3 aliphatic rings. The van der Waals surface area contributed by atoms with Crippen molar-refractivity contribution in [2.45, 2.75) is 63.9 Å². The Kier molecular flexibility index (Phi) is 3.76. The summed E-state index contributed by atoms with van der Waals surface area (Å²) in [6, 6.07) is 9.14. The Morgan fingerprint density at radius 1 is 1.21 bits per heavy atom. The van der Waals surface area contributed by atoms with Gasteiger partial charge in [0, 0.05) is 24.4 Å². The number of carbonyl (C=O) groups is 1. The van der Waals surface area contributed by atoms with Crippen LogP contribution in [0.15, 0.2) is 24.3 Å². The van der Waals surface area contributed by atoms with Gasteiger partial charge in [-0.3, -0.25) is 4.79 Å². The normalized spacial score (nSPS) is 34.0. The van der Waals surface area contributed by atoms with Crippen LogP contribution in [0.5, 0.6) is 0 Å². The van der Waals surface area contributed by atoms with Gasteiger partial charge in [-0.2, -0.15) is 0 Å². The zero-order valence-corrected chi connectivity index (χ0v) is 14.9. The van der Waals surface area contributed by atoms with Crippen molar-refractivity contribution in [3.8, 4) is 0 Å². The Morgan fingerprint density at radius 2 is 1.88 bits per heavy atom. The first-order chi connectivity index (χ1) is 11.4. The van der Waals surface area contributed by atoms with Gasteiger partial charge in [0.25, 0.3) is 0 Å². The summed E-state index contributed by atoms with van der Waals surface area (Å²) >= 11 is 0. The van der Waals surface area contributed by atoms with E-state index >= 15 is 0 Å². The number of likely N-dealkylation sites (tertiary alicyclic amines) is 1. The Bertz CT molecular complexity index is 620. The number of aliphatic hydroxyl groups is 1. The van der Waals surface area contributed by atoms with E-state index in [2.05, 4.69) is 31.2 Å². The molecule has 1 saturated heterocycles. The molecule has 1 atom stereocenters. The van der Waals surface area contributed by atoms with E-state index in [1.165, 1.54) is 30.4 Å². The largest absolute Gasteiger partial charge is 0.390 e. The van der Waals surface area contributed by atoms with Crippen LogP contribution in [0.25, 0.3) is 0 Å². The number of nitrogens with zero attached hydrogens (tertiary/aromatic N) is 1. The molecule has 1 aromatic rings. The van der Waals surface area contributed by atoms with Gasteiger partial charge >= 0.3 is 0 Å². The summed E-state index contributed by atoms with van der Waals surface area (Å²) in [5, 5.41) is 9.84. The lowest BCUT2D eigenvalue weighted by Gasteiger charge is -2.52. The van der Waals surface area contributed by atoms with Gasteiger partial charge in [0.15, 0.2) is 0 Å². The molecule has 2 aliphatic carbocycles. The molecule has 3 fully saturated rings. The molecule has 1 unspecified atom stereocenters. The summed E-state index contributed by atoms with van der Waals surface area (Å²) in [7, 11) is 0. The van der Waals surface area contributed by atoms with E-state index in [4.69, 9.17) is 0 Å². The molecule has 1 aromatic carbocycles. The summed E-state index contributed by atoms with van der Waals surface area (Å²) < 4.78 is 0. The maximum Gasteiger partial charge on any atom is 0.225 e. The number of benzene rings is 1. The highest BCUT2D eigenvalue weighted by molar-refractivity contribution is 5.81. The second-order valence-electron chi connectivity index (χ2n) is 8.83. The number of hydrogen-bond acceptors (Lipinski definition) is 2. The summed E-state index contributed by atoms with van der Waals surface area (Å²) in [4.78, 5) is 14.5. The number of hydrogen-bond donors (Lipinski definition) is 1. The average Bonchev–Trinajstić information content (AvgIpc) is 2.96. The smallest absolute Gasteiger partial charge is 0.225 e. The Morgan fingerprint density at radius 3 is 2.46 bits per heavy atom. The standard InChI is InChI=1S/C21H29NO2/c1-3-15-4-6-16(7-5-15)17-8-9-21(12-17)13-22(14-21)19(23)18-10-20(2,24)11-18/h4-7,17-18,24H,3,8-14H2,1-2H3/t17?,18-,20+. The first kappa shape index (κ1) is 16.1. The van der Waals surface area contributed by atoms with Gasteiger partial charge in [0.05, 0.1) is 5.60 Å². The third kappa shape index (κ3) is 2.77. The van der Waals surface area contributed by atoms with Gasteiger partial charge in [-0.1, -0.05) is 31.2 Å². The van der Waals surface area contributed by atoms with Crippen molar-refractivity contribution in [3.05, 3.63) is 35.4 Å². The molecule has 2 saturated carbocycles. The van der Waals surface area contributed by atoms with E-state index in [9.17, 15) is 9.90 Å². The lowest BCUT2D eigenvalue weighted by molar-refractivity contribution is -0.161. The lowest BCUT2D eigenvalue weighted by atomic mass is 9.69. The number of carbonyl (C=O) groups excluding carboxylic acids is 1. The van der Waals surface area contributed by atoms with Crippen molar-refractivity contribution in [3.63, 3.8) is 0 Å².